The number of ether oxygens (including phenoxy) is 2. The molecule has 0 spiro atoms. The number of aryl methyl sites for hydroxylation is 1. The molecule has 7 nitrogen and oxygen atoms in total. The van der Waals surface area contributed by atoms with Crippen molar-refractivity contribution < 1.29 is 17.9 Å². The Balaban J connectivity index is 1.81. The predicted molar refractivity (Wildman–Crippen MR) is 93.5 cm³/mol. The summed E-state index contributed by atoms with van der Waals surface area (Å²) < 4.78 is 39.7. The van der Waals surface area contributed by atoms with Crippen LogP contribution in [0.2, 0.25) is 0 Å². The lowest BCUT2D eigenvalue weighted by molar-refractivity contribution is 0.354. The van der Waals surface area contributed by atoms with Crippen LogP contribution in [0, 0.1) is 6.92 Å². The van der Waals surface area contributed by atoms with Gasteiger partial charge in [0.05, 0.1) is 31.4 Å². The van der Waals surface area contributed by atoms with Gasteiger partial charge in [0.2, 0.25) is 10.0 Å². The Hall–Kier alpha value is -2.58. The lowest BCUT2D eigenvalue weighted by atomic mass is 10.3. The normalized spacial score (nSPS) is 11.6. The molecule has 8 heteroatoms. The van der Waals surface area contributed by atoms with Gasteiger partial charge in [0.15, 0.2) is 11.5 Å². The summed E-state index contributed by atoms with van der Waals surface area (Å²) in [6.45, 7) is 2.07. The molecular formula is C17H19N3O4S. The van der Waals surface area contributed by atoms with Crippen LogP contribution in [0.25, 0.3) is 5.65 Å². The van der Waals surface area contributed by atoms with Crippen LogP contribution in [0.4, 0.5) is 0 Å². The fourth-order valence-corrected chi connectivity index (χ4v) is 3.47. The van der Waals surface area contributed by atoms with Gasteiger partial charge in [0, 0.05) is 18.5 Å². The molecule has 2 heterocycles. The first-order valence-corrected chi connectivity index (χ1v) is 9.07. The fourth-order valence-electron chi connectivity index (χ4n) is 2.46. The van der Waals surface area contributed by atoms with Crippen LogP contribution in [0.5, 0.6) is 11.5 Å². The van der Waals surface area contributed by atoms with Crippen LogP contribution in [0.3, 0.4) is 0 Å². The molecule has 3 rings (SSSR count). The third kappa shape index (κ3) is 3.59. The molecule has 0 atom stereocenters. The van der Waals surface area contributed by atoms with E-state index in [4.69, 9.17) is 9.47 Å². The molecule has 0 unspecified atom stereocenters. The monoisotopic (exact) mass is 361 g/mol. The van der Waals surface area contributed by atoms with E-state index in [2.05, 4.69) is 9.71 Å². The highest BCUT2D eigenvalue weighted by Gasteiger charge is 2.17. The predicted octanol–water partition coefficient (Wildman–Crippen LogP) is 2.14. The fraction of sp³-hybridized carbons (Fsp3) is 0.235. The van der Waals surface area contributed by atoms with Gasteiger partial charge in [-0.15, -0.1) is 0 Å². The van der Waals surface area contributed by atoms with Gasteiger partial charge in [-0.05, 0) is 36.8 Å². The highest BCUT2D eigenvalue weighted by atomic mass is 32.2. The number of aromatic nitrogens is 2. The van der Waals surface area contributed by atoms with E-state index in [1.807, 2.05) is 29.7 Å². The third-order valence-corrected chi connectivity index (χ3v) is 5.17. The van der Waals surface area contributed by atoms with Crippen LogP contribution >= 0.6 is 0 Å². The average molecular weight is 361 g/mol. The van der Waals surface area contributed by atoms with E-state index in [-0.39, 0.29) is 11.4 Å². The van der Waals surface area contributed by atoms with Gasteiger partial charge in [-0.2, -0.15) is 0 Å². The zero-order valence-corrected chi connectivity index (χ0v) is 15.0. The van der Waals surface area contributed by atoms with Crippen LogP contribution in [-0.4, -0.2) is 32.0 Å². The second kappa shape index (κ2) is 6.73. The number of hydrogen-bond acceptors (Lipinski definition) is 5. The number of rotatable bonds is 6. The van der Waals surface area contributed by atoms with E-state index in [9.17, 15) is 8.42 Å². The molecule has 1 aromatic carbocycles. The van der Waals surface area contributed by atoms with Crippen LogP contribution in [-0.2, 0) is 16.6 Å². The number of fused-ring (bicyclic) bond motifs is 1. The molecule has 0 fully saturated rings. The van der Waals surface area contributed by atoms with Gasteiger partial charge < -0.3 is 13.9 Å². The van der Waals surface area contributed by atoms with Crippen molar-refractivity contribution in [3.8, 4) is 11.5 Å². The van der Waals surface area contributed by atoms with Crippen molar-refractivity contribution in [2.24, 2.45) is 0 Å². The van der Waals surface area contributed by atoms with Crippen LogP contribution in [0.15, 0.2) is 47.6 Å². The third-order valence-electron chi connectivity index (χ3n) is 3.77. The maximum atomic E-state index is 12.5. The van der Waals surface area contributed by atoms with Crippen molar-refractivity contribution in [2.75, 3.05) is 14.2 Å². The van der Waals surface area contributed by atoms with Crippen LogP contribution in [0.1, 0.15) is 11.3 Å². The molecule has 0 bridgehead atoms. The van der Waals surface area contributed by atoms with Gasteiger partial charge in [-0.25, -0.2) is 18.1 Å². The molecular weight excluding hydrogens is 342 g/mol. The number of sulfonamides is 1. The van der Waals surface area contributed by atoms with Crippen molar-refractivity contribution in [3.05, 3.63) is 54.0 Å². The number of nitrogens with one attached hydrogen (secondary N) is 1. The second-order valence-electron chi connectivity index (χ2n) is 5.54. The standard InChI is InChI=1S/C17H19N3O4S/c1-12-6-7-20-11-13(19-17(20)8-12)10-18-25(21,22)14-4-5-15(23-2)16(9-14)24-3/h4-9,11,18H,10H2,1-3H3. The molecule has 25 heavy (non-hydrogen) atoms. The molecule has 132 valence electrons. The zero-order chi connectivity index (χ0) is 18.0. The van der Waals surface area contributed by atoms with Crippen molar-refractivity contribution in [1.29, 1.82) is 0 Å². The van der Waals surface area contributed by atoms with Crippen molar-refractivity contribution in [2.45, 2.75) is 18.4 Å². The highest BCUT2D eigenvalue weighted by Crippen LogP contribution is 2.29. The van der Waals surface area contributed by atoms with E-state index in [0.717, 1.165) is 11.2 Å². The zero-order valence-electron chi connectivity index (χ0n) is 14.2. The van der Waals surface area contributed by atoms with E-state index < -0.39 is 10.0 Å². The van der Waals surface area contributed by atoms with Gasteiger partial charge in [-0.1, -0.05) is 0 Å². The molecule has 3 aromatic rings. The number of methoxy groups -OCH3 is 2. The number of benzene rings is 1. The Kier molecular flexibility index (Phi) is 4.65. The molecule has 0 saturated carbocycles. The summed E-state index contributed by atoms with van der Waals surface area (Å²) >= 11 is 0. The summed E-state index contributed by atoms with van der Waals surface area (Å²) in [4.78, 5) is 4.52. The van der Waals surface area contributed by atoms with E-state index in [1.54, 1.807) is 12.3 Å². The summed E-state index contributed by atoms with van der Waals surface area (Å²) in [5.41, 5.74) is 2.51. The van der Waals surface area contributed by atoms with Gasteiger partial charge in [0.1, 0.15) is 5.65 Å². The summed E-state index contributed by atoms with van der Waals surface area (Å²) in [7, 11) is -0.742. The Labute approximate surface area is 146 Å². The minimum absolute atomic E-state index is 0.0946. The first kappa shape index (κ1) is 17.2. The summed E-state index contributed by atoms with van der Waals surface area (Å²) in [6.07, 6.45) is 3.69. The number of pyridine rings is 1. The molecule has 0 saturated heterocycles. The van der Waals surface area contributed by atoms with Crippen LogP contribution < -0.4 is 14.2 Å². The lowest BCUT2D eigenvalue weighted by Gasteiger charge is -2.10. The molecule has 0 aliphatic carbocycles. The quantitative estimate of drug-likeness (QED) is 0.727. The van der Waals surface area contributed by atoms with E-state index in [1.165, 1.54) is 26.4 Å². The summed E-state index contributed by atoms with van der Waals surface area (Å²) in [5, 5.41) is 0. The van der Waals surface area contributed by atoms with Crippen molar-refractivity contribution in [3.63, 3.8) is 0 Å². The first-order valence-electron chi connectivity index (χ1n) is 7.59. The average Bonchev–Trinajstić information content (AvgIpc) is 3.01. The molecule has 1 N–H and O–H groups in total. The summed E-state index contributed by atoms with van der Waals surface area (Å²) in [5.74, 6) is 0.825. The number of imidazole rings is 1. The Morgan fingerprint density at radius 3 is 2.60 bits per heavy atom. The first-order chi connectivity index (χ1) is 11.9. The SMILES string of the molecule is COc1ccc(S(=O)(=O)NCc2cn3ccc(C)cc3n2)cc1OC. The Morgan fingerprint density at radius 1 is 1.12 bits per heavy atom. The maximum Gasteiger partial charge on any atom is 0.241 e. The van der Waals surface area contributed by atoms with Crippen molar-refractivity contribution in [1.82, 2.24) is 14.1 Å². The van der Waals surface area contributed by atoms with Gasteiger partial charge in [-0.3, -0.25) is 0 Å². The Morgan fingerprint density at radius 2 is 1.88 bits per heavy atom. The minimum atomic E-state index is -3.70. The minimum Gasteiger partial charge on any atom is -0.493 e. The number of nitrogens with zero attached hydrogens (tertiary/aromatic N) is 2. The largest absolute Gasteiger partial charge is 0.493 e. The number of hydrogen-bond donors (Lipinski definition) is 1. The lowest BCUT2D eigenvalue weighted by Crippen LogP contribution is -2.23. The molecule has 0 aliphatic heterocycles. The molecule has 0 aliphatic rings. The second-order valence-corrected chi connectivity index (χ2v) is 7.31. The highest BCUT2D eigenvalue weighted by molar-refractivity contribution is 7.89. The topological polar surface area (TPSA) is 81.9 Å². The molecule has 0 radical (unpaired) electrons. The molecule has 2 aromatic heterocycles. The van der Waals surface area contributed by atoms with E-state index >= 15 is 0 Å². The van der Waals surface area contributed by atoms with Gasteiger partial charge >= 0.3 is 0 Å². The summed E-state index contributed by atoms with van der Waals surface area (Å²) in [6, 6.07) is 8.35. The maximum absolute atomic E-state index is 12.5. The molecule has 0 amide bonds. The van der Waals surface area contributed by atoms with Gasteiger partial charge in [0.25, 0.3) is 0 Å². The Bertz CT molecular complexity index is 1010. The van der Waals surface area contributed by atoms with E-state index in [0.29, 0.717) is 17.2 Å². The smallest absolute Gasteiger partial charge is 0.241 e. The van der Waals surface area contributed by atoms with Crippen molar-refractivity contribution >= 4 is 15.7 Å².